The van der Waals surface area contributed by atoms with Crippen molar-refractivity contribution in [2.75, 3.05) is 32.6 Å². The summed E-state index contributed by atoms with van der Waals surface area (Å²) in [6, 6.07) is 14.9. The number of amidine groups is 1. The Morgan fingerprint density at radius 2 is 1.97 bits per heavy atom. The van der Waals surface area contributed by atoms with Crippen LogP contribution in [-0.4, -0.2) is 52.0 Å². The second-order valence-corrected chi connectivity index (χ2v) is 8.46. The van der Waals surface area contributed by atoms with Crippen LogP contribution in [0.3, 0.4) is 0 Å². The smallest absolute Gasteiger partial charge is 0.231 e. The predicted molar refractivity (Wildman–Crippen MR) is 122 cm³/mol. The average Bonchev–Trinajstić information content (AvgIpc) is 3.26. The summed E-state index contributed by atoms with van der Waals surface area (Å²) in [5.41, 5.74) is 2.31. The molecule has 0 N–H and O–H groups in total. The molecule has 0 aliphatic carbocycles. The molecule has 0 radical (unpaired) electrons. The van der Waals surface area contributed by atoms with Gasteiger partial charge in [-0.3, -0.25) is 0 Å². The summed E-state index contributed by atoms with van der Waals surface area (Å²) in [6.45, 7) is 5.07. The number of halogens is 1. The fraction of sp³-hybridized carbons (Fsp3) is 0.318. The largest absolute Gasteiger partial charge is 0.378 e. The molecule has 1 aliphatic rings. The number of rotatable bonds is 4. The first-order valence-corrected chi connectivity index (χ1v) is 11.8. The first-order valence-electron chi connectivity index (χ1n) is 9.79. The summed E-state index contributed by atoms with van der Waals surface area (Å²) < 4.78 is 24.7. The Kier molecular flexibility index (Phi) is 6.76. The van der Waals surface area contributed by atoms with Crippen LogP contribution < -0.4 is 0 Å². The number of morpholine rings is 1. The van der Waals surface area contributed by atoms with Gasteiger partial charge in [-0.1, -0.05) is 61.2 Å². The third-order valence-corrected chi connectivity index (χ3v) is 6.39. The molecule has 30 heavy (non-hydrogen) atoms. The van der Waals surface area contributed by atoms with Gasteiger partial charge < -0.3 is 9.64 Å². The summed E-state index contributed by atoms with van der Waals surface area (Å²) >= 11 is 2.87. The molecule has 1 atom stereocenters. The molecule has 156 valence electrons. The molecule has 2 aromatic carbocycles. The summed E-state index contributed by atoms with van der Waals surface area (Å²) in [5.74, 6) is 0.301. The highest BCUT2D eigenvalue weighted by Gasteiger charge is 2.19. The number of aromatic nitrogens is 2. The lowest BCUT2D eigenvalue weighted by molar-refractivity contribution is 0.0694. The number of ether oxygens (including phenoxy) is 1. The maximum Gasteiger partial charge on any atom is 0.231 e. The third-order valence-electron chi connectivity index (χ3n) is 5.05. The summed E-state index contributed by atoms with van der Waals surface area (Å²) in [7, 11) is 0. The number of nitrogens with zero attached hydrogens (tertiary/aromatic N) is 4. The van der Waals surface area contributed by atoms with Crippen molar-refractivity contribution in [2.45, 2.75) is 12.8 Å². The standard InChI is InChI=1S/C22H23FN4OS2/c1-15(17-8-9-18(19(23)14-17)16-6-4-3-5-7-16)20-24-21(30-26-20)25-22(29-2)27-10-12-28-13-11-27/h3-9,14-15H,10-13H2,1-2H3/b25-22-. The van der Waals surface area contributed by atoms with E-state index in [0.717, 1.165) is 29.4 Å². The lowest BCUT2D eigenvalue weighted by Gasteiger charge is -2.28. The Morgan fingerprint density at radius 3 is 2.67 bits per heavy atom. The molecule has 1 unspecified atom stereocenters. The van der Waals surface area contributed by atoms with Crippen molar-refractivity contribution in [1.29, 1.82) is 0 Å². The van der Waals surface area contributed by atoms with Crippen LogP contribution >= 0.6 is 23.3 Å². The minimum absolute atomic E-state index is 0.120. The Hall–Kier alpha value is -2.29. The van der Waals surface area contributed by atoms with E-state index >= 15 is 0 Å². The molecule has 2 heterocycles. The molecule has 0 saturated carbocycles. The number of thioether (sulfide) groups is 1. The highest BCUT2D eigenvalue weighted by atomic mass is 32.2. The molecule has 0 spiro atoms. The van der Waals surface area contributed by atoms with Gasteiger partial charge in [0.1, 0.15) is 5.82 Å². The van der Waals surface area contributed by atoms with Gasteiger partial charge in [-0.2, -0.15) is 9.37 Å². The summed E-state index contributed by atoms with van der Waals surface area (Å²) in [4.78, 5) is 11.5. The summed E-state index contributed by atoms with van der Waals surface area (Å²) in [6.07, 6.45) is 2.01. The Balaban J connectivity index is 1.53. The van der Waals surface area contributed by atoms with E-state index in [1.54, 1.807) is 17.8 Å². The second kappa shape index (κ2) is 9.68. The van der Waals surface area contributed by atoms with Crippen molar-refractivity contribution in [3.05, 3.63) is 65.7 Å². The quantitative estimate of drug-likeness (QED) is 0.412. The van der Waals surface area contributed by atoms with Gasteiger partial charge in [-0.25, -0.2) is 9.37 Å². The molecule has 1 saturated heterocycles. The molecule has 1 aromatic heterocycles. The highest BCUT2D eigenvalue weighted by molar-refractivity contribution is 8.13. The van der Waals surface area contributed by atoms with Gasteiger partial charge in [0.15, 0.2) is 11.0 Å². The van der Waals surface area contributed by atoms with Crippen molar-refractivity contribution in [2.24, 2.45) is 4.99 Å². The van der Waals surface area contributed by atoms with Gasteiger partial charge in [0.05, 0.1) is 13.2 Å². The Bertz CT molecular complexity index is 1020. The summed E-state index contributed by atoms with van der Waals surface area (Å²) in [5, 5.41) is 1.54. The normalized spacial score (nSPS) is 16.0. The van der Waals surface area contributed by atoms with E-state index in [1.807, 2.05) is 55.6 Å². The molecule has 5 nitrogen and oxygen atoms in total. The van der Waals surface area contributed by atoms with Gasteiger partial charge in [0.2, 0.25) is 5.13 Å². The zero-order chi connectivity index (χ0) is 20.9. The van der Waals surface area contributed by atoms with Crippen LogP contribution in [0, 0.1) is 5.82 Å². The number of aliphatic imine (C=N–C) groups is 1. The molecule has 3 aromatic rings. The molecule has 1 fully saturated rings. The number of hydrogen-bond donors (Lipinski definition) is 0. The predicted octanol–water partition coefficient (Wildman–Crippen LogP) is 5.18. The van der Waals surface area contributed by atoms with E-state index in [4.69, 9.17) is 4.74 Å². The maximum absolute atomic E-state index is 14.8. The van der Waals surface area contributed by atoms with Gasteiger partial charge in [-0.05, 0) is 23.4 Å². The fourth-order valence-electron chi connectivity index (χ4n) is 3.33. The van der Waals surface area contributed by atoms with Crippen LogP contribution in [0.1, 0.15) is 24.2 Å². The van der Waals surface area contributed by atoms with Crippen LogP contribution in [0.25, 0.3) is 11.1 Å². The van der Waals surface area contributed by atoms with Crippen molar-refractivity contribution in [3.63, 3.8) is 0 Å². The van der Waals surface area contributed by atoms with E-state index in [0.29, 0.717) is 29.7 Å². The van der Waals surface area contributed by atoms with Crippen molar-refractivity contribution >= 4 is 33.6 Å². The minimum atomic E-state index is -0.240. The van der Waals surface area contributed by atoms with Gasteiger partial charge in [-0.15, -0.1) is 0 Å². The lowest BCUT2D eigenvalue weighted by Crippen LogP contribution is -2.39. The van der Waals surface area contributed by atoms with E-state index in [9.17, 15) is 4.39 Å². The number of hydrogen-bond acceptors (Lipinski definition) is 6. The molecule has 1 aliphatic heterocycles. The van der Waals surface area contributed by atoms with Gasteiger partial charge >= 0.3 is 0 Å². The first-order chi connectivity index (χ1) is 14.7. The van der Waals surface area contributed by atoms with Crippen LogP contribution in [0.5, 0.6) is 0 Å². The third kappa shape index (κ3) is 4.71. The van der Waals surface area contributed by atoms with Crippen LogP contribution in [0.2, 0.25) is 0 Å². The average molecular weight is 443 g/mol. The first kappa shape index (κ1) is 21.0. The van der Waals surface area contributed by atoms with E-state index in [2.05, 4.69) is 19.2 Å². The Morgan fingerprint density at radius 1 is 1.20 bits per heavy atom. The van der Waals surface area contributed by atoms with Gasteiger partial charge in [0.25, 0.3) is 0 Å². The maximum atomic E-state index is 14.8. The molecule has 0 bridgehead atoms. The second-order valence-electron chi connectivity index (χ2n) is 6.96. The molecule has 8 heteroatoms. The van der Waals surface area contributed by atoms with E-state index in [-0.39, 0.29) is 11.7 Å². The SMILES string of the molecule is CS/C(=N\c1nc(C(C)c2ccc(-c3ccccc3)c(F)c2)ns1)N1CCOCC1. The highest BCUT2D eigenvalue weighted by Crippen LogP contribution is 2.30. The van der Waals surface area contributed by atoms with Crippen molar-refractivity contribution in [1.82, 2.24) is 14.3 Å². The van der Waals surface area contributed by atoms with E-state index < -0.39 is 0 Å². The van der Waals surface area contributed by atoms with Crippen molar-refractivity contribution in [3.8, 4) is 11.1 Å². The molecular formula is C22H23FN4OS2. The van der Waals surface area contributed by atoms with Crippen LogP contribution in [-0.2, 0) is 4.74 Å². The zero-order valence-electron chi connectivity index (χ0n) is 16.9. The van der Waals surface area contributed by atoms with Gasteiger partial charge in [0, 0.05) is 36.1 Å². The van der Waals surface area contributed by atoms with Crippen LogP contribution in [0.15, 0.2) is 53.5 Å². The Labute approximate surface area is 184 Å². The lowest BCUT2D eigenvalue weighted by atomic mass is 9.96. The minimum Gasteiger partial charge on any atom is -0.378 e. The van der Waals surface area contributed by atoms with Crippen molar-refractivity contribution < 1.29 is 9.13 Å². The topological polar surface area (TPSA) is 50.6 Å². The van der Waals surface area contributed by atoms with E-state index in [1.165, 1.54) is 11.5 Å². The van der Waals surface area contributed by atoms with Crippen LogP contribution in [0.4, 0.5) is 9.52 Å². The zero-order valence-corrected chi connectivity index (χ0v) is 18.5. The molecular weight excluding hydrogens is 419 g/mol. The monoisotopic (exact) mass is 442 g/mol. The fourth-order valence-corrected chi connectivity index (χ4v) is 4.64. The molecule has 4 rings (SSSR count). The number of benzene rings is 2. The molecule has 0 amide bonds.